The second-order valence-corrected chi connectivity index (χ2v) is 8.67. The lowest BCUT2D eigenvalue weighted by Crippen LogP contribution is -2.42. The number of amides is 2. The molecule has 0 unspecified atom stereocenters. The Bertz CT molecular complexity index is 1060. The van der Waals surface area contributed by atoms with E-state index in [1.54, 1.807) is 25.3 Å². The van der Waals surface area contributed by atoms with Crippen molar-refractivity contribution in [3.8, 4) is 6.07 Å². The summed E-state index contributed by atoms with van der Waals surface area (Å²) in [7, 11) is 1.56. The zero-order valence-electron chi connectivity index (χ0n) is 16.4. The number of alkyl halides is 1. The van der Waals surface area contributed by atoms with Gasteiger partial charge in [-0.2, -0.15) is 5.26 Å². The van der Waals surface area contributed by atoms with Crippen molar-refractivity contribution in [2.24, 2.45) is 5.73 Å². The summed E-state index contributed by atoms with van der Waals surface area (Å²) in [5, 5.41) is 9.65. The van der Waals surface area contributed by atoms with E-state index < -0.39 is 17.6 Å². The van der Waals surface area contributed by atoms with Gasteiger partial charge in [-0.05, 0) is 23.8 Å². The van der Waals surface area contributed by atoms with E-state index in [4.69, 9.17) is 10.5 Å². The first-order valence-electron chi connectivity index (χ1n) is 9.57. The highest BCUT2D eigenvalue weighted by Gasteiger charge is 2.46. The van der Waals surface area contributed by atoms with Crippen LogP contribution in [0.15, 0.2) is 24.3 Å². The Morgan fingerprint density at radius 3 is 2.87 bits per heavy atom. The van der Waals surface area contributed by atoms with Gasteiger partial charge in [0, 0.05) is 31.1 Å². The van der Waals surface area contributed by atoms with Crippen LogP contribution in [0.3, 0.4) is 0 Å². The first kappa shape index (κ1) is 20.6. The van der Waals surface area contributed by atoms with Gasteiger partial charge in [-0.3, -0.25) is 14.6 Å². The first-order chi connectivity index (χ1) is 14.3. The SMILES string of the molecule is COC1CC(F)(c2ccc3nc(CC(=O)N4CSC[C@H]4C#N)cc(C(N)=O)c3c2)C1. The molecule has 1 aromatic carbocycles. The number of primary amides is 1. The monoisotopic (exact) mass is 428 g/mol. The summed E-state index contributed by atoms with van der Waals surface area (Å²) in [5.41, 5.74) is 5.59. The van der Waals surface area contributed by atoms with Gasteiger partial charge in [0.1, 0.15) is 11.7 Å². The number of methoxy groups -OCH3 is 1. The van der Waals surface area contributed by atoms with Crippen molar-refractivity contribution < 1.29 is 18.7 Å². The van der Waals surface area contributed by atoms with Crippen LogP contribution in [0.2, 0.25) is 0 Å². The van der Waals surface area contributed by atoms with E-state index in [-0.39, 0.29) is 36.8 Å². The normalized spacial score (nSPS) is 25.7. The van der Waals surface area contributed by atoms with Crippen molar-refractivity contribution in [2.75, 3.05) is 18.7 Å². The summed E-state index contributed by atoms with van der Waals surface area (Å²) in [6.45, 7) is 0. The van der Waals surface area contributed by atoms with Crippen LogP contribution in [0.5, 0.6) is 0 Å². The summed E-state index contributed by atoms with van der Waals surface area (Å²) in [6.07, 6.45) is 0.358. The predicted octanol–water partition coefficient (Wildman–Crippen LogP) is 2.27. The van der Waals surface area contributed by atoms with Gasteiger partial charge in [0.2, 0.25) is 11.8 Å². The molecule has 30 heavy (non-hydrogen) atoms. The minimum absolute atomic E-state index is 0.0424. The molecular formula is C21H21FN4O3S. The van der Waals surface area contributed by atoms with Crippen molar-refractivity contribution >= 4 is 34.5 Å². The molecule has 0 radical (unpaired) electrons. The number of hydrogen-bond donors (Lipinski definition) is 1. The Labute approximate surface area is 177 Å². The second-order valence-electron chi connectivity index (χ2n) is 7.67. The molecule has 7 nitrogen and oxygen atoms in total. The third-order valence-electron chi connectivity index (χ3n) is 5.76. The zero-order valence-corrected chi connectivity index (χ0v) is 17.2. The van der Waals surface area contributed by atoms with Crippen molar-refractivity contribution in [1.82, 2.24) is 9.88 Å². The van der Waals surface area contributed by atoms with E-state index in [0.29, 0.717) is 33.8 Å². The van der Waals surface area contributed by atoms with Crippen LogP contribution in [0.1, 0.15) is 34.5 Å². The largest absolute Gasteiger partial charge is 0.381 e. The number of nitrogens with zero attached hydrogens (tertiary/aromatic N) is 3. The number of nitrogens with two attached hydrogens (primary N) is 1. The van der Waals surface area contributed by atoms with E-state index >= 15 is 4.39 Å². The topological polar surface area (TPSA) is 109 Å². The van der Waals surface area contributed by atoms with E-state index in [9.17, 15) is 14.9 Å². The number of aromatic nitrogens is 1. The molecule has 1 saturated carbocycles. The molecule has 9 heteroatoms. The van der Waals surface area contributed by atoms with Gasteiger partial charge in [0.25, 0.3) is 0 Å². The highest BCUT2D eigenvalue weighted by atomic mass is 32.2. The number of halogens is 1. The fourth-order valence-electron chi connectivity index (χ4n) is 3.97. The summed E-state index contributed by atoms with van der Waals surface area (Å²) in [6, 6.07) is 8.07. The van der Waals surface area contributed by atoms with Crippen LogP contribution in [-0.2, 0) is 21.6 Å². The van der Waals surface area contributed by atoms with Gasteiger partial charge in [0.05, 0.1) is 41.2 Å². The number of thioether (sulfide) groups is 1. The van der Waals surface area contributed by atoms with Crippen molar-refractivity contribution in [3.05, 3.63) is 41.1 Å². The van der Waals surface area contributed by atoms with Crippen LogP contribution in [0.4, 0.5) is 4.39 Å². The van der Waals surface area contributed by atoms with Crippen LogP contribution >= 0.6 is 11.8 Å². The lowest BCUT2D eigenvalue weighted by molar-refractivity contribution is -0.130. The Hall–Kier alpha value is -2.70. The molecule has 2 aliphatic rings. The molecule has 2 heterocycles. The number of rotatable bonds is 5. The number of carbonyl (C=O) groups is 2. The molecule has 2 fully saturated rings. The average molecular weight is 428 g/mol. The highest BCUT2D eigenvalue weighted by Crippen LogP contribution is 2.47. The van der Waals surface area contributed by atoms with Crippen LogP contribution in [0.25, 0.3) is 10.9 Å². The number of fused-ring (bicyclic) bond motifs is 1. The smallest absolute Gasteiger partial charge is 0.249 e. The molecule has 1 aromatic heterocycles. The molecule has 1 atom stereocenters. The fraction of sp³-hybridized carbons (Fsp3) is 0.429. The maximum Gasteiger partial charge on any atom is 0.249 e. The van der Waals surface area contributed by atoms with Gasteiger partial charge in [-0.15, -0.1) is 11.8 Å². The van der Waals surface area contributed by atoms with Gasteiger partial charge < -0.3 is 15.4 Å². The maximum atomic E-state index is 15.1. The Balaban J connectivity index is 1.65. The molecule has 0 spiro atoms. The summed E-state index contributed by atoms with van der Waals surface area (Å²) in [5.74, 6) is 0.138. The van der Waals surface area contributed by atoms with Crippen molar-refractivity contribution in [2.45, 2.75) is 37.1 Å². The third kappa shape index (κ3) is 3.61. The second kappa shape index (κ2) is 7.85. The number of pyridine rings is 1. The van der Waals surface area contributed by atoms with Gasteiger partial charge in [-0.1, -0.05) is 6.07 Å². The number of nitriles is 1. The minimum atomic E-state index is -1.50. The molecule has 2 N–H and O–H groups in total. The van der Waals surface area contributed by atoms with Crippen LogP contribution in [0, 0.1) is 11.3 Å². The molecule has 2 aromatic rings. The number of benzene rings is 1. The lowest BCUT2D eigenvalue weighted by atomic mass is 9.74. The zero-order chi connectivity index (χ0) is 21.5. The average Bonchev–Trinajstić information content (AvgIpc) is 3.19. The van der Waals surface area contributed by atoms with Crippen molar-refractivity contribution in [3.63, 3.8) is 0 Å². The third-order valence-corrected chi connectivity index (χ3v) is 6.78. The Morgan fingerprint density at radius 2 is 2.20 bits per heavy atom. The molecule has 0 bridgehead atoms. The van der Waals surface area contributed by atoms with E-state index in [1.165, 1.54) is 22.7 Å². The Kier molecular flexibility index (Phi) is 5.38. The van der Waals surface area contributed by atoms with Gasteiger partial charge in [0.15, 0.2) is 0 Å². The van der Waals surface area contributed by atoms with E-state index in [2.05, 4.69) is 11.1 Å². The van der Waals surface area contributed by atoms with Crippen LogP contribution < -0.4 is 5.73 Å². The fourth-order valence-corrected chi connectivity index (χ4v) is 5.07. The number of hydrogen-bond acceptors (Lipinski definition) is 6. The number of carbonyl (C=O) groups excluding carboxylic acids is 2. The highest BCUT2D eigenvalue weighted by molar-refractivity contribution is 7.99. The molecular weight excluding hydrogens is 407 g/mol. The van der Waals surface area contributed by atoms with E-state index in [0.717, 1.165) is 0 Å². The molecule has 1 aliphatic carbocycles. The predicted molar refractivity (Wildman–Crippen MR) is 110 cm³/mol. The summed E-state index contributed by atoms with van der Waals surface area (Å²) >= 11 is 1.52. The summed E-state index contributed by atoms with van der Waals surface area (Å²) < 4.78 is 20.3. The molecule has 156 valence electrons. The molecule has 4 rings (SSSR count). The van der Waals surface area contributed by atoms with E-state index in [1.807, 2.05) is 0 Å². The molecule has 1 aliphatic heterocycles. The van der Waals surface area contributed by atoms with Gasteiger partial charge >= 0.3 is 0 Å². The van der Waals surface area contributed by atoms with Gasteiger partial charge in [-0.25, -0.2) is 4.39 Å². The maximum absolute atomic E-state index is 15.1. The lowest BCUT2D eigenvalue weighted by Gasteiger charge is -2.40. The summed E-state index contributed by atoms with van der Waals surface area (Å²) in [4.78, 5) is 30.7. The minimum Gasteiger partial charge on any atom is -0.381 e. The standard InChI is InChI=1S/C21H21FN4O3S/c1-29-15-7-21(22,8-15)12-2-3-18-16(4-12)17(20(24)28)5-13(25-18)6-19(27)26-11-30-10-14(26)9-23/h2-5,14-15H,6-8,10-11H2,1H3,(H2,24,28)/t14-,15?,21?/m1/s1. The quantitative estimate of drug-likeness (QED) is 0.782. The van der Waals surface area contributed by atoms with Crippen molar-refractivity contribution in [1.29, 1.82) is 5.26 Å². The molecule has 1 saturated heterocycles. The first-order valence-corrected chi connectivity index (χ1v) is 10.7. The number of ether oxygens (including phenoxy) is 1. The molecule has 2 amide bonds. The van der Waals surface area contributed by atoms with Crippen LogP contribution in [-0.4, -0.2) is 52.6 Å². The Morgan fingerprint density at radius 1 is 1.43 bits per heavy atom.